The third-order valence-corrected chi connectivity index (χ3v) is 3.54. The van der Waals surface area contributed by atoms with Crippen molar-refractivity contribution in [3.8, 4) is 5.88 Å². The second-order valence-corrected chi connectivity index (χ2v) is 5.60. The van der Waals surface area contributed by atoms with Crippen LogP contribution >= 0.6 is 11.6 Å². The summed E-state index contributed by atoms with van der Waals surface area (Å²) >= 11 is 5.83. The lowest BCUT2D eigenvalue weighted by Gasteiger charge is -2.18. The third-order valence-electron chi connectivity index (χ3n) is 3.27. The molecule has 0 fully saturated rings. The molecule has 0 aliphatic carbocycles. The number of hydrogen-bond acceptors (Lipinski definition) is 4. The molecule has 0 saturated heterocycles. The van der Waals surface area contributed by atoms with Crippen molar-refractivity contribution in [3.05, 3.63) is 52.7 Å². The molecule has 0 saturated carbocycles. The molecule has 0 spiro atoms. The average molecular weight is 388 g/mol. The fourth-order valence-corrected chi connectivity index (χ4v) is 2.18. The Kier molecular flexibility index (Phi) is 5.71. The number of alkyl halides is 3. The van der Waals surface area contributed by atoms with Gasteiger partial charge in [0.1, 0.15) is 5.02 Å². The van der Waals surface area contributed by atoms with E-state index in [-0.39, 0.29) is 16.1 Å². The van der Waals surface area contributed by atoms with Gasteiger partial charge in [0.25, 0.3) is 5.91 Å². The van der Waals surface area contributed by atoms with Crippen molar-refractivity contribution in [2.24, 2.45) is 5.73 Å². The van der Waals surface area contributed by atoms with E-state index in [9.17, 15) is 22.8 Å². The molecule has 0 atom stereocenters. The Morgan fingerprint density at radius 3 is 2.35 bits per heavy atom. The molecule has 138 valence electrons. The summed E-state index contributed by atoms with van der Waals surface area (Å²) in [5.41, 5.74) is 5.95. The van der Waals surface area contributed by atoms with Crippen molar-refractivity contribution < 1.29 is 27.5 Å². The Labute approximate surface area is 151 Å². The van der Waals surface area contributed by atoms with Gasteiger partial charge in [-0.3, -0.25) is 9.59 Å². The zero-order valence-electron chi connectivity index (χ0n) is 13.4. The monoisotopic (exact) mass is 387 g/mol. The highest BCUT2D eigenvalue weighted by molar-refractivity contribution is 6.32. The molecule has 1 aromatic carbocycles. The number of carbonyl (C=O) groups excluding carboxylic acids is 2. The van der Waals surface area contributed by atoms with Crippen molar-refractivity contribution in [2.75, 3.05) is 18.6 Å². The molecule has 2 N–H and O–H groups in total. The first-order valence-electron chi connectivity index (χ1n) is 7.11. The number of rotatable bonds is 5. The van der Waals surface area contributed by atoms with Crippen LogP contribution in [0.25, 0.3) is 0 Å². The fourth-order valence-electron chi connectivity index (χ4n) is 1.96. The highest BCUT2D eigenvalue weighted by Crippen LogP contribution is 2.26. The number of primary amides is 1. The summed E-state index contributed by atoms with van der Waals surface area (Å²) in [6.45, 7) is -1.54. The number of hydrogen-bond donors (Lipinski definition) is 1. The van der Waals surface area contributed by atoms with Gasteiger partial charge in [-0.2, -0.15) is 13.2 Å². The van der Waals surface area contributed by atoms with Gasteiger partial charge in [-0.15, -0.1) is 0 Å². The van der Waals surface area contributed by atoms with Crippen LogP contribution in [0.3, 0.4) is 0 Å². The maximum atomic E-state index is 12.5. The highest BCUT2D eigenvalue weighted by atomic mass is 35.5. The quantitative estimate of drug-likeness (QED) is 0.854. The summed E-state index contributed by atoms with van der Waals surface area (Å²) in [5, 5.41) is -0.224. The second-order valence-electron chi connectivity index (χ2n) is 5.19. The first-order chi connectivity index (χ1) is 12.1. The maximum absolute atomic E-state index is 12.5. The Hall–Kier alpha value is -2.81. The first-order valence-corrected chi connectivity index (χ1v) is 7.49. The number of carbonyl (C=O) groups is 2. The number of nitrogens with two attached hydrogens (primary N) is 1. The normalized spacial score (nSPS) is 11.1. The standard InChI is InChI=1S/C16H13ClF3N3O3/c1-23(11-4-2-9(3-5-11)13(21)24)15(25)10-6-12(17)14(22-7-10)26-8-16(18,19)20/h2-7H,8H2,1H3,(H2,21,24). The van der Waals surface area contributed by atoms with Crippen LogP contribution < -0.4 is 15.4 Å². The Morgan fingerprint density at radius 1 is 1.23 bits per heavy atom. The predicted molar refractivity (Wildman–Crippen MR) is 88.5 cm³/mol. The third kappa shape index (κ3) is 4.85. The van der Waals surface area contributed by atoms with Crippen LogP contribution in [-0.2, 0) is 0 Å². The van der Waals surface area contributed by atoms with E-state index in [4.69, 9.17) is 17.3 Å². The maximum Gasteiger partial charge on any atom is 0.422 e. The van der Waals surface area contributed by atoms with E-state index in [1.165, 1.54) is 36.2 Å². The fraction of sp³-hybridized carbons (Fsp3) is 0.188. The smallest absolute Gasteiger partial charge is 0.422 e. The molecule has 26 heavy (non-hydrogen) atoms. The van der Waals surface area contributed by atoms with Crippen molar-refractivity contribution in [1.29, 1.82) is 0 Å². The van der Waals surface area contributed by atoms with Gasteiger partial charge in [0.05, 0.1) is 5.56 Å². The SMILES string of the molecule is CN(C(=O)c1cnc(OCC(F)(F)F)c(Cl)c1)c1ccc(C(N)=O)cc1. The summed E-state index contributed by atoms with van der Waals surface area (Å²) in [5.74, 6) is -1.53. The van der Waals surface area contributed by atoms with E-state index in [0.717, 1.165) is 12.3 Å². The molecule has 0 aliphatic rings. The van der Waals surface area contributed by atoms with Crippen LogP contribution in [0, 0.1) is 0 Å². The Bertz CT molecular complexity index is 826. The van der Waals surface area contributed by atoms with Gasteiger partial charge in [0, 0.05) is 24.5 Å². The molecule has 6 nitrogen and oxygen atoms in total. The van der Waals surface area contributed by atoms with Gasteiger partial charge in [-0.25, -0.2) is 4.98 Å². The largest absolute Gasteiger partial charge is 0.467 e. The van der Waals surface area contributed by atoms with Gasteiger partial charge in [-0.1, -0.05) is 11.6 Å². The van der Waals surface area contributed by atoms with Gasteiger partial charge in [-0.05, 0) is 30.3 Å². The number of ether oxygens (including phenoxy) is 1. The lowest BCUT2D eigenvalue weighted by molar-refractivity contribution is -0.154. The lowest BCUT2D eigenvalue weighted by atomic mass is 10.1. The van der Waals surface area contributed by atoms with Gasteiger partial charge in [0.2, 0.25) is 11.8 Å². The molecule has 0 bridgehead atoms. The Balaban J connectivity index is 2.15. The van der Waals surface area contributed by atoms with Crippen LogP contribution in [-0.4, -0.2) is 36.6 Å². The van der Waals surface area contributed by atoms with Crippen LogP contribution in [0.4, 0.5) is 18.9 Å². The van der Waals surface area contributed by atoms with Crippen molar-refractivity contribution in [2.45, 2.75) is 6.18 Å². The zero-order valence-corrected chi connectivity index (χ0v) is 14.1. The zero-order chi connectivity index (χ0) is 19.5. The van der Waals surface area contributed by atoms with Gasteiger partial charge < -0.3 is 15.4 Å². The molecule has 2 amide bonds. The van der Waals surface area contributed by atoms with Crippen LogP contribution in [0.15, 0.2) is 36.5 Å². The Morgan fingerprint density at radius 2 is 1.85 bits per heavy atom. The molecule has 10 heteroatoms. The minimum atomic E-state index is -4.53. The lowest BCUT2D eigenvalue weighted by Crippen LogP contribution is -2.26. The summed E-state index contributed by atoms with van der Waals surface area (Å²) in [4.78, 5) is 28.4. The van der Waals surface area contributed by atoms with E-state index in [1.54, 1.807) is 0 Å². The molecule has 1 aromatic heterocycles. The van der Waals surface area contributed by atoms with Crippen molar-refractivity contribution >= 4 is 29.1 Å². The van der Waals surface area contributed by atoms with Gasteiger partial charge in [0.15, 0.2) is 6.61 Å². The summed E-state index contributed by atoms with van der Waals surface area (Å²) in [7, 11) is 1.48. The highest BCUT2D eigenvalue weighted by Gasteiger charge is 2.29. The number of amides is 2. The number of nitrogens with zero attached hydrogens (tertiary/aromatic N) is 2. The van der Waals surface area contributed by atoms with Crippen molar-refractivity contribution in [1.82, 2.24) is 4.98 Å². The summed E-state index contributed by atoms with van der Waals surface area (Å²) in [6.07, 6.45) is -3.47. The van der Waals surface area contributed by atoms with Crippen molar-refractivity contribution in [3.63, 3.8) is 0 Å². The van der Waals surface area contributed by atoms with E-state index >= 15 is 0 Å². The molecule has 0 radical (unpaired) electrons. The number of aromatic nitrogens is 1. The molecule has 2 rings (SSSR count). The molecule has 2 aromatic rings. The second kappa shape index (κ2) is 7.61. The predicted octanol–water partition coefficient (Wildman–Crippen LogP) is 3.05. The topological polar surface area (TPSA) is 85.5 Å². The minimum Gasteiger partial charge on any atom is -0.467 e. The number of pyridine rings is 1. The molecule has 0 unspecified atom stereocenters. The molecular formula is C16H13ClF3N3O3. The molecular weight excluding hydrogens is 375 g/mol. The summed E-state index contributed by atoms with van der Waals surface area (Å²) in [6, 6.07) is 7.13. The first kappa shape index (κ1) is 19.5. The minimum absolute atomic E-state index is 0.0517. The van der Waals surface area contributed by atoms with E-state index < -0.39 is 30.5 Å². The van der Waals surface area contributed by atoms with E-state index in [2.05, 4.69) is 9.72 Å². The number of anilines is 1. The number of benzene rings is 1. The summed E-state index contributed by atoms with van der Waals surface area (Å²) < 4.78 is 41.0. The molecule has 1 heterocycles. The average Bonchev–Trinajstić information content (AvgIpc) is 2.58. The van der Waals surface area contributed by atoms with Crippen LogP contribution in [0.5, 0.6) is 5.88 Å². The molecule has 0 aliphatic heterocycles. The number of halogens is 4. The van der Waals surface area contributed by atoms with Crippen LogP contribution in [0.1, 0.15) is 20.7 Å². The van der Waals surface area contributed by atoms with Gasteiger partial charge >= 0.3 is 6.18 Å². The van der Waals surface area contributed by atoms with E-state index in [0.29, 0.717) is 5.69 Å². The van der Waals surface area contributed by atoms with E-state index in [1.807, 2.05) is 0 Å². The van der Waals surface area contributed by atoms with Crippen LogP contribution in [0.2, 0.25) is 5.02 Å².